The lowest BCUT2D eigenvalue weighted by molar-refractivity contribution is -0.119. The van der Waals surface area contributed by atoms with Gasteiger partial charge in [0.25, 0.3) is 0 Å². The first-order chi connectivity index (χ1) is 7.77. The maximum Gasteiger partial charge on any atom is 0.155 e. The molecule has 1 aliphatic rings. The summed E-state index contributed by atoms with van der Waals surface area (Å²) in [4.78, 5) is 12.0. The van der Waals surface area contributed by atoms with Gasteiger partial charge >= 0.3 is 0 Å². The van der Waals surface area contributed by atoms with Gasteiger partial charge in [-0.05, 0) is 11.5 Å². The Morgan fingerprint density at radius 3 is 2.50 bits per heavy atom. The molecule has 1 fully saturated rings. The second-order valence-corrected chi connectivity index (χ2v) is 5.03. The highest BCUT2D eigenvalue weighted by Gasteiger charge is 2.23. The number of halogens is 1. The van der Waals surface area contributed by atoms with Gasteiger partial charge < -0.3 is 0 Å². The summed E-state index contributed by atoms with van der Waals surface area (Å²) in [6.45, 7) is 0. The number of hydrogen-bond acceptors (Lipinski definition) is 1. The number of carbonyl (C=O) groups is 1. The predicted molar refractivity (Wildman–Crippen MR) is 66.6 cm³/mol. The first-order valence-corrected chi connectivity index (χ1v) is 6.43. The van der Waals surface area contributed by atoms with E-state index in [-0.39, 0.29) is 5.78 Å². The average Bonchev–Trinajstić information content (AvgIpc) is 2.82. The molecule has 1 aliphatic carbocycles. The molecule has 1 saturated carbocycles. The standard InChI is InChI=1S/C14H17ClO/c15-14(12-8-2-1-3-9-12)13(16)10-11-6-4-5-7-11/h1-3,8-9,11,14H,4-7,10H2. The average molecular weight is 237 g/mol. The molecule has 0 aromatic heterocycles. The van der Waals surface area contributed by atoms with E-state index in [1.54, 1.807) is 0 Å². The molecule has 1 unspecified atom stereocenters. The number of carbonyl (C=O) groups excluding carboxylic acids is 1. The molecule has 0 N–H and O–H groups in total. The number of hydrogen-bond donors (Lipinski definition) is 0. The monoisotopic (exact) mass is 236 g/mol. The number of benzene rings is 1. The van der Waals surface area contributed by atoms with Gasteiger partial charge in [0.2, 0.25) is 0 Å². The van der Waals surface area contributed by atoms with Gasteiger partial charge in [-0.3, -0.25) is 4.79 Å². The minimum absolute atomic E-state index is 0.180. The third-order valence-electron chi connectivity index (χ3n) is 3.34. The van der Waals surface area contributed by atoms with E-state index in [9.17, 15) is 4.79 Å². The molecule has 0 amide bonds. The van der Waals surface area contributed by atoms with Crippen molar-refractivity contribution in [3.05, 3.63) is 35.9 Å². The third kappa shape index (κ3) is 2.85. The van der Waals surface area contributed by atoms with Crippen LogP contribution in [0.3, 0.4) is 0 Å². The fourth-order valence-corrected chi connectivity index (χ4v) is 2.64. The van der Waals surface area contributed by atoms with Crippen molar-refractivity contribution in [1.82, 2.24) is 0 Å². The lowest BCUT2D eigenvalue weighted by Crippen LogP contribution is -2.11. The Balaban J connectivity index is 1.94. The van der Waals surface area contributed by atoms with Crippen LogP contribution in [-0.4, -0.2) is 5.78 Å². The highest BCUT2D eigenvalue weighted by Crippen LogP contribution is 2.31. The van der Waals surface area contributed by atoms with E-state index < -0.39 is 5.38 Å². The van der Waals surface area contributed by atoms with Gasteiger partial charge in [-0.2, -0.15) is 0 Å². The van der Waals surface area contributed by atoms with Crippen molar-refractivity contribution in [3.63, 3.8) is 0 Å². The minimum Gasteiger partial charge on any atom is -0.298 e. The topological polar surface area (TPSA) is 17.1 Å². The Kier molecular flexibility index (Phi) is 4.00. The van der Waals surface area contributed by atoms with Gasteiger partial charge in [-0.1, -0.05) is 56.0 Å². The van der Waals surface area contributed by atoms with Gasteiger partial charge in [0.15, 0.2) is 5.78 Å². The van der Waals surface area contributed by atoms with Crippen LogP contribution >= 0.6 is 11.6 Å². The second kappa shape index (κ2) is 5.49. The van der Waals surface area contributed by atoms with Gasteiger partial charge in [0.05, 0.1) is 0 Å². The molecule has 86 valence electrons. The molecular formula is C14H17ClO. The molecule has 2 heteroatoms. The largest absolute Gasteiger partial charge is 0.298 e. The lowest BCUT2D eigenvalue weighted by Gasteiger charge is -2.12. The van der Waals surface area contributed by atoms with Crippen molar-refractivity contribution in [2.45, 2.75) is 37.5 Å². The van der Waals surface area contributed by atoms with Crippen LogP contribution in [0.5, 0.6) is 0 Å². The summed E-state index contributed by atoms with van der Waals surface area (Å²) in [7, 11) is 0. The summed E-state index contributed by atoms with van der Waals surface area (Å²) < 4.78 is 0. The molecule has 0 saturated heterocycles. The minimum atomic E-state index is -0.457. The van der Waals surface area contributed by atoms with E-state index in [1.165, 1.54) is 25.7 Å². The van der Waals surface area contributed by atoms with Crippen molar-refractivity contribution in [1.29, 1.82) is 0 Å². The van der Waals surface area contributed by atoms with E-state index in [4.69, 9.17) is 11.6 Å². The van der Waals surface area contributed by atoms with Crippen LogP contribution in [0.25, 0.3) is 0 Å². The first kappa shape index (κ1) is 11.7. The fraction of sp³-hybridized carbons (Fsp3) is 0.500. The number of Topliss-reactive ketones (excluding diaryl/α,β-unsaturated/α-hetero) is 1. The molecule has 0 bridgehead atoms. The molecule has 16 heavy (non-hydrogen) atoms. The summed E-state index contributed by atoms with van der Waals surface area (Å²) in [5.41, 5.74) is 0.923. The number of rotatable bonds is 4. The van der Waals surface area contributed by atoms with Gasteiger partial charge in [0, 0.05) is 6.42 Å². The first-order valence-electron chi connectivity index (χ1n) is 5.99. The molecular weight excluding hydrogens is 220 g/mol. The van der Waals surface area contributed by atoms with Crippen molar-refractivity contribution in [2.24, 2.45) is 5.92 Å². The summed E-state index contributed by atoms with van der Waals surface area (Å²) in [6.07, 6.45) is 5.60. The van der Waals surface area contributed by atoms with E-state index in [0.717, 1.165) is 5.56 Å². The van der Waals surface area contributed by atoms with Crippen LogP contribution in [0.15, 0.2) is 30.3 Å². The summed E-state index contributed by atoms with van der Waals surface area (Å²) in [5.74, 6) is 0.761. The number of ketones is 1. The van der Waals surface area contributed by atoms with Crippen LogP contribution < -0.4 is 0 Å². The third-order valence-corrected chi connectivity index (χ3v) is 3.83. The normalized spacial score (nSPS) is 18.6. The van der Waals surface area contributed by atoms with Gasteiger partial charge in [-0.25, -0.2) is 0 Å². The Morgan fingerprint density at radius 1 is 1.25 bits per heavy atom. The van der Waals surface area contributed by atoms with Crippen LogP contribution in [-0.2, 0) is 4.79 Å². The maximum atomic E-state index is 12.0. The van der Waals surface area contributed by atoms with Crippen LogP contribution in [0, 0.1) is 5.92 Å². The summed E-state index contributed by atoms with van der Waals surface area (Å²) >= 11 is 6.19. The zero-order valence-electron chi connectivity index (χ0n) is 9.36. The zero-order valence-corrected chi connectivity index (χ0v) is 10.1. The Hall–Kier alpha value is -0.820. The van der Waals surface area contributed by atoms with Crippen molar-refractivity contribution >= 4 is 17.4 Å². The lowest BCUT2D eigenvalue weighted by atomic mass is 9.97. The van der Waals surface area contributed by atoms with E-state index in [2.05, 4.69) is 0 Å². The zero-order chi connectivity index (χ0) is 11.4. The fourth-order valence-electron chi connectivity index (χ4n) is 2.41. The molecule has 1 aromatic carbocycles. The van der Waals surface area contributed by atoms with Gasteiger partial charge in [0.1, 0.15) is 5.38 Å². The Morgan fingerprint density at radius 2 is 1.88 bits per heavy atom. The van der Waals surface area contributed by atoms with E-state index >= 15 is 0 Å². The number of alkyl halides is 1. The van der Waals surface area contributed by atoms with E-state index in [0.29, 0.717) is 12.3 Å². The van der Waals surface area contributed by atoms with Crippen LogP contribution in [0.4, 0.5) is 0 Å². The van der Waals surface area contributed by atoms with Gasteiger partial charge in [-0.15, -0.1) is 11.6 Å². The highest BCUT2D eigenvalue weighted by molar-refractivity contribution is 6.31. The second-order valence-electron chi connectivity index (χ2n) is 4.59. The molecule has 1 nitrogen and oxygen atoms in total. The predicted octanol–water partition coefficient (Wildman–Crippen LogP) is 4.12. The van der Waals surface area contributed by atoms with Crippen LogP contribution in [0.1, 0.15) is 43.0 Å². The quantitative estimate of drug-likeness (QED) is 0.719. The highest BCUT2D eigenvalue weighted by atomic mass is 35.5. The Labute approximate surface area is 102 Å². The maximum absolute atomic E-state index is 12.0. The van der Waals surface area contributed by atoms with Crippen molar-refractivity contribution < 1.29 is 4.79 Å². The Bertz CT molecular complexity index is 341. The molecule has 1 atom stereocenters. The SMILES string of the molecule is O=C(CC1CCCC1)C(Cl)c1ccccc1. The summed E-state index contributed by atoms with van der Waals surface area (Å²) in [6, 6.07) is 9.63. The van der Waals surface area contributed by atoms with E-state index in [1.807, 2.05) is 30.3 Å². The van der Waals surface area contributed by atoms with Crippen molar-refractivity contribution in [3.8, 4) is 0 Å². The van der Waals surface area contributed by atoms with Crippen LogP contribution in [0.2, 0.25) is 0 Å². The molecule has 0 spiro atoms. The molecule has 2 rings (SSSR count). The molecule has 0 aliphatic heterocycles. The summed E-state index contributed by atoms with van der Waals surface area (Å²) in [5, 5.41) is -0.457. The molecule has 0 heterocycles. The molecule has 0 radical (unpaired) electrons. The molecule has 1 aromatic rings. The van der Waals surface area contributed by atoms with Crippen molar-refractivity contribution in [2.75, 3.05) is 0 Å². The smallest absolute Gasteiger partial charge is 0.155 e.